The van der Waals surface area contributed by atoms with E-state index in [2.05, 4.69) is 24.5 Å². The summed E-state index contributed by atoms with van der Waals surface area (Å²) in [4.78, 5) is 1.38. The van der Waals surface area contributed by atoms with Gasteiger partial charge in [-0.25, -0.2) is 0 Å². The highest BCUT2D eigenvalue weighted by molar-refractivity contribution is 7.10. The van der Waals surface area contributed by atoms with Gasteiger partial charge in [-0.05, 0) is 43.7 Å². The van der Waals surface area contributed by atoms with Gasteiger partial charge in [0.15, 0.2) is 0 Å². The van der Waals surface area contributed by atoms with Crippen LogP contribution >= 0.6 is 22.9 Å². The normalized spacial score (nSPS) is 29.8. The van der Waals surface area contributed by atoms with Crippen molar-refractivity contribution in [1.82, 2.24) is 5.32 Å². The van der Waals surface area contributed by atoms with Gasteiger partial charge in [-0.1, -0.05) is 25.4 Å². The summed E-state index contributed by atoms with van der Waals surface area (Å²) in [6.45, 7) is 5.72. The molecular weight excluding hydrogens is 238 g/mol. The van der Waals surface area contributed by atoms with Crippen LogP contribution in [0.3, 0.4) is 0 Å². The largest absolute Gasteiger partial charge is 0.314 e. The molecule has 0 aromatic carbocycles. The molecule has 1 fully saturated rings. The van der Waals surface area contributed by atoms with E-state index >= 15 is 0 Å². The average Bonchev–Trinajstić information content (AvgIpc) is 2.83. The van der Waals surface area contributed by atoms with Crippen molar-refractivity contribution in [2.75, 3.05) is 6.54 Å². The van der Waals surface area contributed by atoms with E-state index in [1.54, 1.807) is 0 Å². The minimum Gasteiger partial charge on any atom is -0.314 e. The summed E-state index contributed by atoms with van der Waals surface area (Å²) in [5.41, 5.74) is 0.302. The Kier molecular flexibility index (Phi) is 3.93. The lowest BCUT2D eigenvalue weighted by atomic mass is 9.87. The quantitative estimate of drug-likeness (QED) is 0.852. The fourth-order valence-electron chi connectivity index (χ4n) is 2.69. The van der Waals surface area contributed by atoms with Gasteiger partial charge in [0.1, 0.15) is 0 Å². The van der Waals surface area contributed by atoms with Crippen molar-refractivity contribution >= 4 is 22.9 Å². The zero-order chi connectivity index (χ0) is 11.6. The van der Waals surface area contributed by atoms with E-state index in [0.717, 1.165) is 11.6 Å². The highest BCUT2D eigenvalue weighted by atomic mass is 35.5. The molecule has 0 radical (unpaired) electrons. The molecule has 0 aliphatic heterocycles. The Bertz CT molecular complexity index is 349. The van der Waals surface area contributed by atoms with Crippen molar-refractivity contribution in [3.8, 4) is 0 Å². The van der Waals surface area contributed by atoms with Crippen molar-refractivity contribution in [2.45, 2.75) is 51.0 Å². The van der Waals surface area contributed by atoms with Crippen LogP contribution in [0.1, 0.15) is 44.4 Å². The van der Waals surface area contributed by atoms with Crippen LogP contribution in [-0.4, -0.2) is 12.6 Å². The predicted molar refractivity (Wildman–Crippen MR) is 72.6 cm³/mol. The number of hydrogen-bond donors (Lipinski definition) is 1. The van der Waals surface area contributed by atoms with Crippen LogP contribution in [0, 0.1) is 0 Å². The highest BCUT2D eigenvalue weighted by Gasteiger charge is 2.38. The average molecular weight is 258 g/mol. The van der Waals surface area contributed by atoms with Gasteiger partial charge in [0.05, 0.1) is 5.02 Å². The summed E-state index contributed by atoms with van der Waals surface area (Å²) in [7, 11) is 0. The van der Waals surface area contributed by atoms with E-state index in [1.165, 1.54) is 30.6 Å². The van der Waals surface area contributed by atoms with Gasteiger partial charge in [-0.2, -0.15) is 0 Å². The van der Waals surface area contributed by atoms with Gasteiger partial charge in [0, 0.05) is 16.3 Å². The molecule has 1 aromatic rings. The first-order valence-electron chi connectivity index (χ1n) is 6.12. The molecular formula is C13H20ClNS. The fraction of sp³-hybridized carbons (Fsp3) is 0.692. The summed E-state index contributed by atoms with van der Waals surface area (Å²) in [5.74, 6) is 0. The lowest BCUT2D eigenvalue weighted by Gasteiger charge is -2.23. The van der Waals surface area contributed by atoms with Crippen LogP contribution < -0.4 is 5.32 Å². The molecule has 0 saturated heterocycles. The minimum atomic E-state index is 0.302. The number of hydrogen-bond acceptors (Lipinski definition) is 2. The van der Waals surface area contributed by atoms with Crippen molar-refractivity contribution in [2.24, 2.45) is 0 Å². The fourth-order valence-corrected chi connectivity index (χ4v) is 4.18. The Hall–Kier alpha value is -0.0500. The van der Waals surface area contributed by atoms with E-state index < -0.39 is 0 Å². The second kappa shape index (κ2) is 5.07. The monoisotopic (exact) mass is 257 g/mol. The zero-order valence-corrected chi connectivity index (χ0v) is 11.6. The molecule has 0 spiro atoms. The second-order valence-electron chi connectivity index (χ2n) is 5.05. The molecule has 16 heavy (non-hydrogen) atoms. The number of halogens is 1. The molecule has 1 saturated carbocycles. The number of nitrogens with one attached hydrogen (secondary N) is 1. The molecule has 2 rings (SSSR count). The molecule has 2 atom stereocenters. The third-order valence-corrected chi connectivity index (χ3v) is 5.24. The van der Waals surface area contributed by atoms with Crippen molar-refractivity contribution in [3.63, 3.8) is 0 Å². The Morgan fingerprint density at radius 2 is 2.44 bits per heavy atom. The SMILES string of the molecule is CCCNC1CCC(C)(c2sccc2Cl)C1. The maximum atomic E-state index is 6.25. The molecule has 1 aliphatic carbocycles. The Balaban J connectivity index is 2.03. The molecule has 3 heteroatoms. The number of rotatable bonds is 4. The first kappa shape index (κ1) is 12.4. The van der Waals surface area contributed by atoms with Crippen molar-refractivity contribution in [1.29, 1.82) is 0 Å². The lowest BCUT2D eigenvalue weighted by Crippen LogP contribution is -2.29. The third-order valence-electron chi connectivity index (χ3n) is 3.59. The summed E-state index contributed by atoms with van der Waals surface area (Å²) in [5, 5.41) is 6.70. The molecule has 1 heterocycles. The van der Waals surface area contributed by atoms with E-state index in [-0.39, 0.29) is 0 Å². The van der Waals surface area contributed by atoms with Gasteiger partial charge in [0.2, 0.25) is 0 Å². The van der Waals surface area contributed by atoms with Crippen LogP contribution in [0.5, 0.6) is 0 Å². The van der Waals surface area contributed by atoms with Crippen LogP contribution in [0.25, 0.3) is 0 Å². The predicted octanol–water partition coefficient (Wildman–Crippen LogP) is 4.21. The highest BCUT2D eigenvalue weighted by Crippen LogP contribution is 2.45. The summed E-state index contributed by atoms with van der Waals surface area (Å²) in [6, 6.07) is 2.71. The molecule has 0 amide bonds. The number of thiophene rings is 1. The Labute approximate surface area is 107 Å². The molecule has 1 aromatic heterocycles. The zero-order valence-electron chi connectivity index (χ0n) is 10.1. The lowest BCUT2D eigenvalue weighted by molar-refractivity contribution is 0.459. The Morgan fingerprint density at radius 3 is 3.06 bits per heavy atom. The van der Waals surface area contributed by atoms with Gasteiger partial charge >= 0.3 is 0 Å². The van der Waals surface area contributed by atoms with Gasteiger partial charge in [-0.3, -0.25) is 0 Å². The van der Waals surface area contributed by atoms with E-state index in [4.69, 9.17) is 11.6 Å². The maximum absolute atomic E-state index is 6.25. The van der Waals surface area contributed by atoms with E-state index in [1.807, 2.05) is 17.4 Å². The molecule has 1 aliphatic rings. The molecule has 0 bridgehead atoms. The first-order valence-corrected chi connectivity index (χ1v) is 7.38. The maximum Gasteiger partial charge on any atom is 0.0550 e. The van der Waals surface area contributed by atoms with Crippen LogP contribution in [0.2, 0.25) is 5.02 Å². The summed E-state index contributed by atoms with van der Waals surface area (Å²) < 4.78 is 0. The van der Waals surface area contributed by atoms with Crippen molar-refractivity contribution < 1.29 is 0 Å². The second-order valence-corrected chi connectivity index (χ2v) is 6.38. The third kappa shape index (κ3) is 2.44. The summed E-state index contributed by atoms with van der Waals surface area (Å²) in [6.07, 6.45) is 4.99. The molecule has 1 nitrogen and oxygen atoms in total. The topological polar surface area (TPSA) is 12.0 Å². The smallest absolute Gasteiger partial charge is 0.0550 e. The van der Waals surface area contributed by atoms with E-state index in [0.29, 0.717) is 11.5 Å². The Morgan fingerprint density at radius 1 is 1.62 bits per heavy atom. The van der Waals surface area contributed by atoms with Crippen molar-refractivity contribution in [3.05, 3.63) is 21.3 Å². The molecule has 1 N–H and O–H groups in total. The van der Waals surface area contributed by atoms with Crippen LogP contribution in [-0.2, 0) is 5.41 Å². The van der Waals surface area contributed by atoms with Gasteiger partial charge < -0.3 is 5.32 Å². The summed E-state index contributed by atoms with van der Waals surface area (Å²) >= 11 is 8.06. The van der Waals surface area contributed by atoms with Crippen LogP contribution in [0.4, 0.5) is 0 Å². The standard InChI is InChI=1S/C13H20ClNS/c1-3-7-15-10-4-6-13(2,9-10)12-11(14)5-8-16-12/h5,8,10,15H,3-4,6-7,9H2,1-2H3. The molecule has 90 valence electrons. The minimum absolute atomic E-state index is 0.302. The van der Waals surface area contributed by atoms with Crippen LogP contribution in [0.15, 0.2) is 11.4 Å². The van der Waals surface area contributed by atoms with Gasteiger partial charge in [-0.15, -0.1) is 11.3 Å². The van der Waals surface area contributed by atoms with E-state index in [9.17, 15) is 0 Å². The first-order chi connectivity index (χ1) is 7.65. The van der Waals surface area contributed by atoms with Gasteiger partial charge in [0.25, 0.3) is 0 Å². The molecule has 2 unspecified atom stereocenters.